The molecule has 4 heteroatoms. The highest BCUT2D eigenvalue weighted by Gasteiger charge is 2.39. The summed E-state index contributed by atoms with van der Waals surface area (Å²) in [5.74, 6) is 0.934. The molecule has 0 unspecified atom stereocenters. The summed E-state index contributed by atoms with van der Waals surface area (Å²) < 4.78 is 5.33. The molecule has 0 amide bonds. The molecule has 1 aromatic carbocycles. The third-order valence-corrected chi connectivity index (χ3v) is 5.28. The number of nitrogens with two attached hydrogens (primary N) is 1. The molecule has 4 nitrogen and oxygen atoms in total. The lowest BCUT2D eigenvalue weighted by molar-refractivity contribution is 0.0920. The van der Waals surface area contributed by atoms with Gasteiger partial charge in [-0.15, -0.1) is 0 Å². The zero-order chi connectivity index (χ0) is 14.7. The molecule has 2 aliphatic rings. The average Bonchev–Trinajstić information content (AvgIpc) is 3.05. The van der Waals surface area contributed by atoms with E-state index in [-0.39, 0.29) is 0 Å². The number of nitrogens with zero attached hydrogens (tertiary/aromatic N) is 2. The van der Waals surface area contributed by atoms with Crippen LogP contribution in [0.2, 0.25) is 0 Å². The van der Waals surface area contributed by atoms with Gasteiger partial charge >= 0.3 is 0 Å². The molecular formula is C17H27N3O. The largest absolute Gasteiger partial charge is 0.497 e. The first-order chi connectivity index (χ1) is 10.3. The van der Waals surface area contributed by atoms with E-state index in [1.54, 1.807) is 7.11 Å². The third kappa shape index (κ3) is 2.87. The second-order valence-electron chi connectivity index (χ2n) is 6.31. The van der Waals surface area contributed by atoms with E-state index in [1.165, 1.54) is 31.4 Å². The monoisotopic (exact) mass is 289 g/mol. The van der Waals surface area contributed by atoms with Crippen LogP contribution in [0.4, 0.5) is 5.69 Å². The van der Waals surface area contributed by atoms with E-state index in [4.69, 9.17) is 10.5 Å². The minimum atomic E-state index is 0.292. The summed E-state index contributed by atoms with van der Waals surface area (Å²) in [7, 11) is 1.72. The first kappa shape index (κ1) is 14.7. The second kappa shape index (κ2) is 6.24. The maximum absolute atomic E-state index is 6.11. The quantitative estimate of drug-likeness (QED) is 0.921. The molecular weight excluding hydrogens is 262 g/mol. The predicted molar refractivity (Wildman–Crippen MR) is 87.0 cm³/mol. The topological polar surface area (TPSA) is 41.7 Å². The van der Waals surface area contributed by atoms with Gasteiger partial charge in [-0.3, -0.25) is 4.90 Å². The third-order valence-electron chi connectivity index (χ3n) is 5.28. The predicted octanol–water partition coefficient (Wildman–Crippen LogP) is 2.09. The summed E-state index contributed by atoms with van der Waals surface area (Å²) in [6.45, 7) is 5.21. The standard InChI is InChI=1S/C17H27N3O/c1-21-16-6-4-5-15(13-16)19-9-11-20(12-10-19)17(14-18)7-2-3-8-17/h4-6,13H,2-3,7-12,14,18H2,1H3. The van der Waals surface area contributed by atoms with E-state index in [0.29, 0.717) is 5.54 Å². The van der Waals surface area contributed by atoms with Gasteiger partial charge < -0.3 is 15.4 Å². The van der Waals surface area contributed by atoms with Crippen molar-refractivity contribution in [1.29, 1.82) is 0 Å². The lowest BCUT2D eigenvalue weighted by Crippen LogP contribution is -2.59. The number of methoxy groups -OCH3 is 1. The molecule has 1 aliphatic carbocycles. The van der Waals surface area contributed by atoms with Gasteiger partial charge in [0.05, 0.1) is 7.11 Å². The Bertz CT molecular complexity index is 463. The smallest absolute Gasteiger partial charge is 0.120 e. The van der Waals surface area contributed by atoms with Crippen molar-refractivity contribution in [2.75, 3.05) is 44.7 Å². The van der Waals surface area contributed by atoms with E-state index in [9.17, 15) is 0 Å². The molecule has 0 radical (unpaired) electrons. The summed E-state index contributed by atoms with van der Waals surface area (Å²) in [6.07, 6.45) is 5.24. The highest BCUT2D eigenvalue weighted by molar-refractivity contribution is 5.51. The second-order valence-corrected chi connectivity index (χ2v) is 6.31. The average molecular weight is 289 g/mol. The molecule has 1 aliphatic heterocycles. The van der Waals surface area contributed by atoms with Crippen LogP contribution in [0.5, 0.6) is 5.75 Å². The van der Waals surface area contributed by atoms with Gasteiger partial charge in [0.25, 0.3) is 0 Å². The summed E-state index contributed by atoms with van der Waals surface area (Å²) in [5.41, 5.74) is 7.67. The van der Waals surface area contributed by atoms with E-state index < -0.39 is 0 Å². The fourth-order valence-electron chi connectivity index (χ4n) is 3.93. The van der Waals surface area contributed by atoms with Gasteiger partial charge in [0, 0.05) is 50.0 Å². The molecule has 2 N–H and O–H groups in total. The summed E-state index contributed by atoms with van der Waals surface area (Å²) in [4.78, 5) is 5.11. The Balaban J connectivity index is 1.64. The maximum atomic E-state index is 6.11. The van der Waals surface area contributed by atoms with Crippen LogP contribution in [-0.2, 0) is 0 Å². The van der Waals surface area contributed by atoms with Crippen molar-refractivity contribution in [2.24, 2.45) is 5.73 Å². The Kier molecular flexibility index (Phi) is 4.36. The van der Waals surface area contributed by atoms with Crippen LogP contribution >= 0.6 is 0 Å². The molecule has 3 rings (SSSR count). The van der Waals surface area contributed by atoms with Crippen molar-refractivity contribution >= 4 is 5.69 Å². The zero-order valence-corrected chi connectivity index (χ0v) is 13.1. The van der Waals surface area contributed by atoms with Gasteiger partial charge in [-0.2, -0.15) is 0 Å². The molecule has 0 bridgehead atoms. The van der Waals surface area contributed by atoms with Crippen molar-refractivity contribution in [1.82, 2.24) is 4.90 Å². The number of hydrogen-bond donors (Lipinski definition) is 1. The highest BCUT2D eigenvalue weighted by Crippen LogP contribution is 2.35. The van der Waals surface area contributed by atoms with Gasteiger partial charge in [0.15, 0.2) is 0 Å². The van der Waals surface area contributed by atoms with Crippen LogP contribution in [0.25, 0.3) is 0 Å². The van der Waals surface area contributed by atoms with Crippen LogP contribution in [-0.4, -0.2) is 50.3 Å². The van der Waals surface area contributed by atoms with E-state index in [0.717, 1.165) is 38.5 Å². The summed E-state index contributed by atoms with van der Waals surface area (Å²) in [5, 5.41) is 0. The van der Waals surface area contributed by atoms with E-state index >= 15 is 0 Å². The lowest BCUT2D eigenvalue weighted by Gasteiger charge is -2.46. The number of hydrogen-bond acceptors (Lipinski definition) is 4. The van der Waals surface area contributed by atoms with Gasteiger partial charge in [-0.1, -0.05) is 18.9 Å². The van der Waals surface area contributed by atoms with E-state index in [1.807, 2.05) is 6.07 Å². The Morgan fingerprint density at radius 3 is 2.48 bits per heavy atom. The highest BCUT2D eigenvalue weighted by atomic mass is 16.5. The van der Waals surface area contributed by atoms with Crippen LogP contribution in [0.3, 0.4) is 0 Å². The number of piperazine rings is 1. The molecule has 1 aromatic rings. The molecule has 0 aromatic heterocycles. The maximum Gasteiger partial charge on any atom is 0.120 e. The fraction of sp³-hybridized carbons (Fsp3) is 0.647. The summed E-state index contributed by atoms with van der Waals surface area (Å²) >= 11 is 0. The van der Waals surface area contributed by atoms with Gasteiger partial charge in [-0.25, -0.2) is 0 Å². The molecule has 1 saturated carbocycles. The van der Waals surface area contributed by atoms with Gasteiger partial charge in [0.2, 0.25) is 0 Å². The van der Waals surface area contributed by atoms with E-state index in [2.05, 4.69) is 28.0 Å². The molecule has 21 heavy (non-hydrogen) atoms. The SMILES string of the molecule is COc1cccc(N2CCN(C3(CN)CCCC3)CC2)c1. The van der Waals surface area contributed by atoms with Crippen LogP contribution in [0.1, 0.15) is 25.7 Å². The van der Waals surface area contributed by atoms with Crippen LogP contribution in [0, 0.1) is 0 Å². The van der Waals surface area contributed by atoms with Crippen molar-refractivity contribution in [3.8, 4) is 5.75 Å². The molecule has 116 valence electrons. The Morgan fingerprint density at radius 1 is 1.14 bits per heavy atom. The zero-order valence-electron chi connectivity index (χ0n) is 13.1. The van der Waals surface area contributed by atoms with Crippen LogP contribution in [0.15, 0.2) is 24.3 Å². The number of anilines is 1. The molecule has 0 atom stereocenters. The summed E-state index contributed by atoms with van der Waals surface area (Å²) in [6, 6.07) is 8.37. The minimum absolute atomic E-state index is 0.292. The Morgan fingerprint density at radius 2 is 1.86 bits per heavy atom. The number of rotatable bonds is 4. The minimum Gasteiger partial charge on any atom is -0.497 e. The van der Waals surface area contributed by atoms with Crippen LogP contribution < -0.4 is 15.4 Å². The number of benzene rings is 1. The van der Waals surface area contributed by atoms with Crippen molar-refractivity contribution < 1.29 is 4.74 Å². The number of ether oxygens (including phenoxy) is 1. The molecule has 2 fully saturated rings. The Labute approximate surface area is 127 Å². The van der Waals surface area contributed by atoms with Crippen molar-refractivity contribution in [2.45, 2.75) is 31.2 Å². The van der Waals surface area contributed by atoms with Crippen molar-refractivity contribution in [3.63, 3.8) is 0 Å². The van der Waals surface area contributed by atoms with Gasteiger partial charge in [0.1, 0.15) is 5.75 Å². The molecule has 1 heterocycles. The first-order valence-corrected chi connectivity index (χ1v) is 8.11. The lowest BCUT2D eigenvalue weighted by atomic mass is 9.94. The van der Waals surface area contributed by atoms with Crippen molar-refractivity contribution in [3.05, 3.63) is 24.3 Å². The first-order valence-electron chi connectivity index (χ1n) is 8.11. The Hall–Kier alpha value is -1.26. The van der Waals surface area contributed by atoms with Gasteiger partial charge in [-0.05, 0) is 25.0 Å². The fourth-order valence-corrected chi connectivity index (χ4v) is 3.93. The normalized spacial score (nSPS) is 22.5. The molecule has 0 spiro atoms. The molecule has 1 saturated heterocycles.